The van der Waals surface area contributed by atoms with Crippen molar-refractivity contribution in [2.75, 3.05) is 25.0 Å². The minimum Gasteiger partial charge on any atom is -0.370 e. The summed E-state index contributed by atoms with van der Waals surface area (Å²) in [6, 6.07) is 3.55. The zero-order chi connectivity index (χ0) is 14.3. The molecular formula is C13H20F3N3. The van der Waals surface area contributed by atoms with Crippen LogP contribution in [0.3, 0.4) is 0 Å². The van der Waals surface area contributed by atoms with Gasteiger partial charge in [0.2, 0.25) is 0 Å². The Kier molecular flexibility index (Phi) is 6.08. The molecule has 0 saturated heterocycles. The second-order valence-corrected chi connectivity index (χ2v) is 4.37. The molecule has 0 unspecified atom stereocenters. The number of pyridine rings is 1. The molecule has 1 aromatic heterocycles. The van der Waals surface area contributed by atoms with Crippen molar-refractivity contribution in [2.45, 2.75) is 33.0 Å². The molecule has 108 valence electrons. The van der Waals surface area contributed by atoms with Crippen LogP contribution in [0.1, 0.15) is 25.8 Å². The summed E-state index contributed by atoms with van der Waals surface area (Å²) < 4.78 is 37.5. The lowest BCUT2D eigenvalue weighted by Crippen LogP contribution is -2.34. The maximum atomic E-state index is 12.5. The first-order valence-electron chi connectivity index (χ1n) is 6.43. The third kappa shape index (κ3) is 5.92. The lowest BCUT2D eigenvalue weighted by Gasteiger charge is -2.24. The van der Waals surface area contributed by atoms with Crippen LogP contribution in [0, 0.1) is 0 Å². The summed E-state index contributed by atoms with van der Waals surface area (Å²) >= 11 is 0. The number of hydrogen-bond donors (Lipinski definition) is 1. The SMILES string of the molecule is CCCN(Cc1cccnc1NCC)CC(F)(F)F. The number of nitrogens with one attached hydrogen (secondary N) is 1. The van der Waals surface area contributed by atoms with E-state index < -0.39 is 12.7 Å². The molecule has 0 aliphatic heterocycles. The third-order valence-electron chi connectivity index (χ3n) is 2.57. The van der Waals surface area contributed by atoms with Gasteiger partial charge in [-0.15, -0.1) is 0 Å². The van der Waals surface area contributed by atoms with E-state index >= 15 is 0 Å². The molecule has 0 aliphatic carbocycles. The molecule has 0 aromatic carbocycles. The van der Waals surface area contributed by atoms with Crippen molar-refractivity contribution in [1.29, 1.82) is 0 Å². The molecule has 0 aliphatic rings. The van der Waals surface area contributed by atoms with Crippen molar-refractivity contribution in [1.82, 2.24) is 9.88 Å². The number of halogens is 3. The minimum atomic E-state index is -4.17. The van der Waals surface area contributed by atoms with Gasteiger partial charge in [-0.1, -0.05) is 13.0 Å². The van der Waals surface area contributed by atoms with Gasteiger partial charge in [-0.2, -0.15) is 13.2 Å². The molecule has 1 N–H and O–H groups in total. The van der Waals surface area contributed by atoms with Gasteiger partial charge in [-0.3, -0.25) is 4.90 Å². The molecule has 0 amide bonds. The fourth-order valence-corrected chi connectivity index (χ4v) is 1.92. The lowest BCUT2D eigenvalue weighted by molar-refractivity contribution is -0.147. The minimum absolute atomic E-state index is 0.253. The highest BCUT2D eigenvalue weighted by molar-refractivity contribution is 5.43. The quantitative estimate of drug-likeness (QED) is 0.827. The Labute approximate surface area is 111 Å². The zero-order valence-corrected chi connectivity index (χ0v) is 11.3. The van der Waals surface area contributed by atoms with Crippen LogP contribution in [0.4, 0.5) is 19.0 Å². The predicted octanol–water partition coefficient (Wildman–Crippen LogP) is 3.29. The van der Waals surface area contributed by atoms with Gasteiger partial charge >= 0.3 is 6.18 Å². The normalized spacial score (nSPS) is 11.9. The maximum absolute atomic E-state index is 12.5. The van der Waals surface area contributed by atoms with Crippen molar-refractivity contribution >= 4 is 5.82 Å². The highest BCUT2D eigenvalue weighted by Gasteiger charge is 2.30. The fourth-order valence-electron chi connectivity index (χ4n) is 1.92. The molecule has 6 heteroatoms. The number of aromatic nitrogens is 1. The first kappa shape index (κ1) is 15.8. The first-order chi connectivity index (χ1) is 8.96. The van der Waals surface area contributed by atoms with Crippen LogP contribution in [0.5, 0.6) is 0 Å². The van der Waals surface area contributed by atoms with E-state index in [-0.39, 0.29) is 6.54 Å². The maximum Gasteiger partial charge on any atom is 0.401 e. The van der Waals surface area contributed by atoms with Crippen molar-refractivity contribution in [3.8, 4) is 0 Å². The summed E-state index contributed by atoms with van der Waals surface area (Å²) in [4.78, 5) is 5.56. The van der Waals surface area contributed by atoms with Gasteiger partial charge in [0.05, 0.1) is 6.54 Å². The van der Waals surface area contributed by atoms with Crippen molar-refractivity contribution in [3.63, 3.8) is 0 Å². The van der Waals surface area contributed by atoms with Crippen molar-refractivity contribution in [2.24, 2.45) is 0 Å². The number of alkyl halides is 3. The summed E-state index contributed by atoms with van der Waals surface area (Å²) in [5.41, 5.74) is 0.794. The Balaban J connectivity index is 2.78. The van der Waals surface area contributed by atoms with Crippen LogP contribution in [-0.4, -0.2) is 35.7 Å². The monoisotopic (exact) mass is 275 g/mol. The van der Waals surface area contributed by atoms with Gasteiger partial charge in [-0.05, 0) is 26.0 Å². The van der Waals surface area contributed by atoms with Gasteiger partial charge in [0.1, 0.15) is 5.82 Å². The number of rotatable bonds is 7. The van der Waals surface area contributed by atoms with Gasteiger partial charge in [0, 0.05) is 24.8 Å². The van der Waals surface area contributed by atoms with Crippen LogP contribution in [-0.2, 0) is 6.54 Å². The van der Waals surface area contributed by atoms with E-state index in [1.807, 2.05) is 19.9 Å². The van der Waals surface area contributed by atoms with E-state index in [1.54, 1.807) is 12.3 Å². The Morgan fingerprint density at radius 3 is 2.63 bits per heavy atom. The molecule has 1 heterocycles. The topological polar surface area (TPSA) is 28.2 Å². The molecule has 19 heavy (non-hydrogen) atoms. The standard InChI is InChI=1S/C13H20F3N3/c1-3-8-19(10-13(14,15)16)9-11-6-5-7-18-12(11)17-4-2/h5-7H,3-4,8-10H2,1-2H3,(H,17,18). The van der Waals surface area contributed by atoms with Gasteiger partial charge in [-0.25, -0.2) is 4.98 Å². The van der Waals surface area contributed by atoms with Crippen LogP contribution in [0.25, 0.3) is 0 Å². The molecule has 0 saturated carbocycles. The first-order valence-corrected chi connectivity index (χ1v) is 6.43. The van der Waals surface area contributed by atoms with Gasteiger partial charge in [0.15, 0.2) is 0 Å². The molecule has 0 bridgehead atoms. The molecule has 0 atom stereocenters. The molecule has 0 radical (unpaired) electrons. The number of nitrogens with zero attached hydrogens (tertiary/aromatic N) is 2. The highest BCUT2D eigenvalue weighted by Crippen LogP contribution is 2.20. The average molecular weight is 275 g/mol. The molecule has 1 aromatic rings. The summed E-state index contributed by atoms with van der Waals surface area (Å²) in [5.74, 6) is 0.660. The molecule has 1 rings (SSSR count). The number of hydrogen-bond acceptors (Lipinski definition) is 3. The Bertz CT molecular complexity index is 380. The van der Waals surface area contributed by atoms with Crippen molar-refractivity contribution < 1.29 is 13.2 Å². The largest absolute Gasteiger partial charge is 0.401 e. The molecule has 3 nitrogen and oxygen atoms in total. The summed E-state index contributed by atoms with van der Waals surface area (Å²) in [5, 5.41) is 3.07. The fraction of sp³-hybridized carbons (Fsp3) is 0.615. The molecular weight excluding hydrogens is 255 g/mol. The van der Waals surface area contributed by atoms with E-state index in [4.69, 9.17) is 0 Å². The Hall–Kier alpha value is -1.30. The smallest absolute Gasteiger partial charge is 0.370 e. The van der Waals surface area contributed by atoms with E-state index in [0.717, 1.165) is 5.56 Å². The summed E-state index contributed by atoms with van der Waals surface area (Å²) in [6.45, 7) is 4.28. The summed E-state index contributed by atoms with van der Waals surface area (Å²) in [7, 11) is 0. The van der Waals surface area contributed by atoms with Crippen LogP contribution >= 0.6 is 0 Å². The van der Waals surface area contributed by atoms with Gasteiger partial charge in [0.25, 0.3) is 0 Å². The second kappa shape index (κ2) is 7.33. The second-order valence-electron chi connectivity index (χ2n) is 4.37. The van der Waals surface area contributed by atoms with Gasteiger partial charge < -0.3 is 5.32 Å². The number of anilines is 1. The zero-order valence-electron chi connectivity index (χ0n) is 11.3. The highest BCUT2D eigenvalue weighted by atomic mass is 19.4. The average Bonchev–Trinajstić information content (AvgIpc) is 2.30. The molecule has 0 spiro atoms. The predicted molar refractivity (Wildman–Crippen MR) is 70.0 cm³/mol. The third-order valence-corrected chi connectivity index (χ3v) is 2.57. The van der Waals surface area contributed by atoms with E-state index in [9.17, 15) is 13.2 Å². The van der Waals surface area contributed by atoms with E-state index in [0.29, 0.717) is 25.3 Å². The van der Waals surface area contributed by atoms with Crippen molar-refractivity contribution in [3.05, 3.63) is 23.9 Å². The Morgan fingerprint density at radius 1 is 1.32 bits per heavy atom. The van der Waals surface area contributed by atoms with Crippen LogP contribution in [0.2, 0.25) is 0 Å². The van der Waals surface area contributed by atoms with Crippen LogP contribution in [0.15, 0.2) is 18.3 Å². The summed E-state index contributed by atoms with van der Waals surface area (Å²) in [6.07, 6.45) is -1.85. The Morgan fingerprint density at radius 2 is 2.05 bits per heavy atom. The van der Waals surface area contributed by atoms with Crippen LogP contribution < -0.4 is 5.32 Å². The molecule has 0 fully saturated rings. The van der Waals surface area contributed by atoms with E-state index in [2.05, 4.69) is 10.3 Å². The lowest BCUT2D eigenvalue weighted by atomic mass is 10.2. The van der Waals surface area contributed by atoms with E-state index in [1.165, 1.54) is 4.90 Å².